The van der Waals surface area contributed by atoms with E-state index < -0.39 is 6.10 Å². The molecular weight excluding hydrogens is 264 g/mol. The minimum absolute atomic E-state index is 0.121. The molecule has 0 saturated heterocycles. The number of aromatic nitrogens is 1. The number of aryl methyl sites for hydroxylation is 3. The predicted molar refractivity (Wildman–Crippen MR) is 85.7 cm³/mol. The third-order valence-electron chi connectivity index (χ3n) is 3.88. The minimum atomic E-state index is -0.541. The molecule has 1 atom stereocenters. The molecule has 0 aliphatic rings. The molecule has 1 amide bonds. The van der Waals surface area contributed by atoms with E-state index in [1.54, 1.807) is 6.92 Å². The summed E-state index contributed by atoms with van der Waals surface area (Å²) in [6.45, 7) is 8.83. The van der Waals surface area contributed by atoms with Gasteiger partial charge in [-0.2, -0.15) is 0 Å². The van der Waals surface area contributed by atoms with Gasteiger partial charge in [0.1, 0.15) is 5.69 Å². The highest BCUT2D eigenvalue weighted by atomic mass is 16.3. The van der Waals surface area contributed by atoms with E-state index in [0.717, 1.165) is 29.4 Å². The Bertz CT molecular complexity index is 656. The average Bonchev–Trinajstić information content (AvgIpc) is 2.76. The Hall–Kier alpha value is -1.81. The number of carbonyl (C=O) groups excluding carboxylic acids is 1. The molecule has 1 heterocycles. The van der Waals surface area contributed by atoms with Crippen LogP contribution in [-0.4, -0.2) is 28.2 Å². The Labute approximate surface area is 125 Å². The van der Waals surface area contributed by atoms with Gasteiger partial charge in [-0.15, -0.1) is 0 Å². The molecule has 0 aliphatic heterocycles. The van der Waals surface area contributed by atoms with E-state index in [1.165, 1.54) is 5.56 Å². The third-order valence-corrected chi connectivity index (χ3v) is 3.88. The third kappa shape index (κ3) is 2.95. The quantitative estimate of drug-likeness (QED) is 0.888. The van der Waals surface area contributed by atoms with Gasteiger partial charge in [0.25, 0.3) is 5.91 Å². The lowest BCUT2D eigenvalue weighted by atomic mass is 10.1. The van der Waals surface area contributed by atoms with Crippen LogP contribution in [0.25, 0.3) is 10.9 Å². The lowest BCUT2D eigenvalue weighted by Crippen LogP contribution is -2.32. The van der Waals surface area contributed by atoms with Crippen LogP contribution in [0.15, 0.2) is 18.2 Å². The largest absolute Gasteiger partial charge is 0.392 e. The number of carbonyl (C=O) groups is 1. The molecule has 4 nitrogen and oxygen atoms in total. The molecule has 0 aliphatic carbocycles. The first-order valence-electron chi connectivity index (χ1n) is 7.57. The van der Waals surface area contributed by atoms with Crippen molar-refractivity contribution >= 4 is 16.8 Å². The van der Waals surface area contributed by atoms with Crippen molar-refractivity contribution in [1.29, 1.82) is 0 Å². The number of amides is 1. The molecular formula is C17H24N2O2. The highest BCUT2D eigenvalue weighted by Crippen LogP contribution is 2.27. The van der Waals surface area contributed by atoms with Gasteiger partial charge in [0.15, 0.2) is 0 Å². The van der Waals surface area contributed by atoms with Crippen LogP contribution < -0.4 is 5.32 Å². The number of hydrogen-bond donors (Lipinski definition) is 2. The van der Waals surface area contributed by atoms with E-state index >= 15 is 0 Å². The number of fused-ring (bicyclic) bond motifs is 1. The first-order chi connectivity index (χ1) is 9.99. The van der Waals surface area contributed by atoms with Crippen molar-refractivity contribution < 1.29 is 9.90 Å². The summed E-state index contributed by atoms with van der Waals surface area (Å²) in [6.07, 6.45) is 0.441. The monoisotopic (exact) mass is 288 g/mol. The van der Waals surface area contributed by atoms with Crippen molar-refractivity contribution in [2.45, 2.75) is 46.8 Å². The Morgan fingerprint density at radius 1 is 1.38 bits per heavy atom. The van der Waals surface area contributed by atoms with Crippen molar-refractivity contribution in [3.8, 4) is 0 Å². The number of nitrogens with zero attached hydrogens (tertiary/aromatic N) is 1. The standard InChI is InChI=1S/C17H24N2O2/c1-5-13-7-8-15-14(9-13)12(4)16(19(15)6-2)17(21)18-10-11(3)20/h7-9,11,20H,5-6,10H2,1-4H3,(H,18,21). The molecule has 2 N–H and O–H groups in total. The molecule has 0 fully saturated rings. The molecule has 0 radical (unpaired) electrons. The van der Waals surface area contributed by atoms with Gasteiger partial charge in [-0.25, -0.2) is 0 Å². The lowest BCUT2D eigenvalue weighted by Gasteiger charge is -2.11. The fourth-order valence-corrected chi connectivity index (χ4v) is 2.73. The van der Waals surface area contributed by atoms with E-state index in [9.17, 15) is 9.90 Å². The maximum absolute atomic E-state index is 12.4. The molecule has 1 aromatic carbocycles. The second-order valence-corrected chi connectivity index (χ2v) is 5.48. The normalized spacial score (nSPS) is 12.6. The predicted octanol–water partition coefficient (Wildman–Crippen LogP) is 2.64. The van der Waals surface area contributed by atoms with Crippen LogP contribution in [0.1, 0.15) is 42.4 Å². The van der Waals surface area contributed by atoms with Crippen LogP contribution in [0.4, 0.5) is 0 Å². The SMILES string of the molecule is CCc1ccc2c(c1)c(C)c(C(=O)NCC(C)O)n2CC. The number of hydrogen-bond acceptors (Lipinski definition) is 2. The molecule has 2 aromatic rings. The fourth-order valence-electron chi connectivity index (χ4n) is 2.73. The van der Waals surface area contributed by atoms with Crippen LogP contribution in [-0.2, 0) is 13.0 Å². The molecule has 0 spiro atoms. The van der Waals surface area contributed by atoms with Gasteiger partial charge in [0, 0.05) is 24.0 Å². The Balaban J connectivity index is 2.52. The average molecular weight is 288 g/mol. The number of rotatable bonds is 5. The fraction of sp³-hybridized carbons (Fsp3) is 0.471. The van der Waals surface area contributed by atoms with Crippen molar-refractivity contribution in [1.82, 2.24) is 9.88 Å². The van der Waals surface area contributed by atoms with Crippen LogP contribution >= 0.6 is 0 Å². The summed E-state index contributed by atoms with van der Waals surface area (Å²) in [5.74, 6) is -0.121. The molecule has 1 unspecified atom stereocenters. The van der Waals surface area contributed by atoms with E-state index in [-0.39, 0.29) is 12.5 Å². The topological polar surface area (TPSA) is 54.3 Å². The summed E-state index contributed by atoms with van der Waals surface area (Å²) >= 11 is 0. The number of aliphatic hydroxyl groups excluding tert-OH is 1. The molecule has 4 heteroatoms. The summed E-state index contributed by atoms with van der Waals surface area (Å²) < 4.78 is 2.04. The summed E-state index contributed by atoms with van der Waals surface area (Å²) in [6, 6.07) is 6.38. The lowest BCUT2D eigenvalue weighted by molar-refractivity contribution is 0.0914. The van der Waals surface area contributed by atoms with E-state index in [2.05, 4.69) is 30.4 Å². The summed E-state index contributed by atoms with van der Waals surface area (Å²) in [4.78, 5) is 12.4. The van der Waals surface area contributed by atoms with Crippen molar-refractivity contribution in [3.63, 3.8) is 0 Å². The molecule has 0 bridgehead atoms. The van der Waals surface area contributed by atoms with Crippen LogP contribution in [0.2, 0.25) is 0 Å². The Morgan fingerprint density at radius 2 is 2.10 bits per heavy atom. The van der Waals surface area contributed by atoms with Gasteiger partial charge in [0.05, 0.1) is 6.10 Å². The molecule has 2 rings (SSSR count). The second-order valence-electron chi connectivity index (χ2n) is 5.48. The zero-order valence-electron chi connectivity index (χ0n) is 13.2. The van der Waals surface area contributed by atoms with Crippen molar-refractivity contribution in [2.24, 2.45) is 0 Å². The molecule has 21 heavy (non-hydrogen) atoms. The smallest absolute Gasteiger partial charge is 0.268 e. The number of benzene rings is 1. The Kier molecular flexibility index (Phi) is 4.68. The summed E-state index contributed by atoms with van der Waals surface area (Å²) in [5, 5.41) is 13.3. The maximum Gasteiger partial charge on any atom is 0.268 e. The van der Waals surface area contributed by atoms with Gasteiger partial charge in [-0.05, 0) is 50.5 Å². The van der Waals surface area contributed by atoms with Crippen LogP contribution in [0, 0.1) is 6.92 Å². The number of nitrogens with one attached hydrogen (secondary N) is 1. The van der Waals surface area contributed by atoms with Gasteiger partial charge < -0.3 is 15.0 Å². The van der Waals surface area contributed by atoms with Gasteiger partial charge in [-0.3, -0.25) is 4.79 Å². The molecule has 114 valence electrons. The highest BCUT2D eigenvalue weighted by molar-refractivity contribution is 6.01. The first kappa shape index (κ1) is 15.6. The van der Waals surface area contributed by atoms with Gasteiger partial charge in [0.2, 0.25) is 0 Å². The van der Waals surface area contributed by atoms with E-state index in [0.29, 0.717) is 5.69 Å². The number of aliphatic hydroxyl groups is 1. The van der Waals surface area contributed by atoms with Crippen molar-refractivity contribution in [2.75, 3.05) is 6.54 Å². The van der Waals surface area contributed by atoms with Gasteiger partial charge >= 0.3 is 0 Å². The Morgan fingerprint density at radius 3 is 2.67 bits per heavy atom. The zero-order valence-corrected chi connectivity index (χ0v) is 13.2. The van der Waals surface area contributed by atoms with E-state index in [4.69, 9.17) is 0 Å². The minimum Gasteiger partial charge on any atom is -0.392 e. The zero-order chi connectivity index (χ0) is 15.6. The highest BCUT2D eigenvalue weighted by Gasteiger charge is 2.19. The summed E-state index contributed by atoms with van der Waals surface area (Å²) in [5.41, 5.74) is 4.07. The van der Waals surface area contributed by atoms with E-state index in [1.807, 2.05) is 18.4 Å². The van der Waals surface area contributed by atoms with Gasteiger partial charge in [-0.1, -0.05) is 13.0 Å². The second kappa shape index (κ2) is 6.31. The first-order valence-corrected chi connectivity index (χ1v) is 7.57. The molecule has 0 saturated carbocycles. The molecule has 1 aromatic heterocycles. The maximum atomic E-state index is 12.4. The summed E-state index contributed by atoms with van der Waals surface area (Å²) in [7, 11) is 0. The van der Waals surface area contributed by atoms with Crippen molar-refractivity contribution in [3.05, 3.63) is 35.0 Å². The van der Waals surface area contributed by atoms with Crippen LogP contribution in [0.3, 0.4) is 0 Å². The van der Waals surface area contributed by atoms with Crippen LogP contribution in [0.5, 0.6) is 0 Å².